The van der Waals surface area contributed by atoms with Crippen molar-refractivity contribution in [3.05, 3.63) is 89.3 Å². The van der Waals surface area contributed by atoms with E-state index in [1.807, 2.05) is 0 Å². The number of para-hydroxylation sites is 2. The van der Waals surface area contributed by atoms with Gasteiger partial charge in [0.1, 0.15) is 17.3 Å². The minimum absolute atomic E-state index is 0.000345. The van der Waals surface area contributed by atoms with Crippen molar-refractivity contribution >= 4 is 23.1 Å². The summed E-state index contributed by atoms with van der Waals surface area (Å²) in [5.41, 5.74) is 2.23. The summed E-state index contributed by atoms with van der Waals surface area (Å²) >= 11 is 0. The van der Waals surface area contributed by atoms with Crippen LogP contribution in [0.15, 0.2) is 72.6 Å². The third-order valence-corrected chi connectivity index (χ3v) is 5.50. The van der Waals surface area contributed by atoms with Gasteiger partial charge in [-0.3, -0.25) is 19.5 Å². The van der Waals surface area contributed by atoms with E-state index in [-0.39, 0.29) is 11.3 Å². The van der Waals surface area contributed by atoms with Crippen molar-refractivity contribution < 1.29 is 24.2 Å². The highest BCUT2D eigenvalue weighted by molar-refractivity contribution is 6.52. The molecule has 7 heteroatoms. The molecule has 0 bridgehead atoms. The second-order valence-electron chi connectivity index (χ2n) is 7.30. The number of carbonyl (C=O) groups excluding carboxylic acids is 2. The van der Waals surface area contributed by atoms with E-state index in [0.717, 1.165) is 0 Å². The highest BCUT2D eigenvalue weighted by Crippen LogP contribution is 2.45. The summed E-state index contributed by atoms with van der Waals surface area (Å²) in [6.45, 7) is 1.80. The number of aliphatic hydroxyl groups is 1. The molecule has 0 spiro atoms. The average molecular weight is 430 g/mol. The molecule has 7 nitrogen and oxygen atoms in total. The van der Waals surface area contributed by atoms with Crippen LogP contribution in [0.2, 0.25) is 0 Å². The van der Waals surface area contributed by atoms with Crippen molar-refractivity contribution in [1.82, 2.24) is 4.98 Å². The number of amides is 1. The highest BCUT2D eigenvalue weighted by Gasteiger charge is 2.47. The third kappa shape index (κ3) is 3.47. The van der Waals surface area contributed by atoms with E-state index in [0.29, 0.717) is 33.9 Å². The second-order valence-corrected chi connectivity index (χ2v) is 7.30. The van der Waals surface area contributed by atoms with Gasteiger partial charge in [-0.15, -0.1) is 0 Å². The molecule has 1 aliphatic heterocycles. The van der Waals surface area contributed by atoms with Gasteiger partial charge in [-0.05, 0) is 60.5 Å². The van der Waals surface area contributed by atoms with Gasteiger partial charge in [-0.25, -0.2) is 0 Å². The van der Waals surface area contributed by atoms with Crippen LogP contribution in [0.1, 0.15) is 22.7 Å². The van der Waals surface area contributed by atoms with Gasteiger partial charge in [-0.1, -0.05) is 12.1 Å². The smallest absolute Gasteiger partial charge is 0.300 e. The molecular formula is C25H22N2O5. The zero-order valence-corrected chi connectivity index (χ0v) is 17.9. The van der Waals surface area contributed by atoms with Crippen molar-refractivity contribution in [2.75, 3.05) is 19.1 Å². The fourth-order valence-electron chi connectivity index (χ4n) is 3.94. The van der Waals surface area contributed by atoms with E-state index in [1.165, 1.54) is 12.0 Å². The number of aliphatic hydroxyl groups excluding tert-OH is 1. The first-order valence-corrected chi connectivity index (χ1v) is 9.97. The maximum Gasteiger partial charge on any atom is 0.300 e. The number of nitrogens with zero attached hydrogens (tertiary/aromatic N) is 2. The number of hydrogen-bond donors (Lipinski definition) is 1. The fraction of sp³-hybridized carbons (Fsp3) is 0.160. The van der Waals surface area contributed by atoms with Crippen LogP contribution >= 0.6 is 0 Å². The molecule has 0 radical (unpaired) electrons. The number of carbonyl (C=O) groups is 2. The Bertz CT molecular complexity index is 1220. The number of ether oxygens (including phenoxy) is 2. The van der Waals surface area contributed by atoms with Crippen LogP contribution in [-0.4, -0.2) is 36.0 Å². The third-order valence-electron chi connectivity index (χ3n) is 5.50. The van der Waals surface area contributed by atoms with Gasteiger partial charge in [0, 0.05) is 18.0 Å². The Morgan fingerprint density at radius 1 is 1.00 bits per heavy atom. The minimum Gasteiger partial charge on any atom is -0.507 e. The Morgan fingerprint density at radius 2 is 1.72 bits per heavy atom. The van der Waals surface area contributed by atoms with Gasteiger partial charge in [-0.2, -0.15) is 0 Å². The number of aromatic nitrogens is 1. The lowest BCUT2D eigenvalue weighted by molar-refractivity contribution is -0.132. The van der Waals surface area contributed by atoms with Crippen molar-refractivity contribution in [3.8, 4) is 11.5 Å². The van der Waals surface area contributed by atoms with Gasteiger partial charge in [0.15, 0.2) is 0 Å². The van der Waals surface area contributed by atoms with Crippen LogP contribution in [0.25, 0.3) is 5.76 Å². The molecule has 1 unspecified atom stereocenters. The number of hydrogen-bond acceptors (Lipinski definition) is 6. The number of aryl methyl sites for hydroxylation is 1. The van der Waals surface area contributed by atoms with Crippen molar-refractivity contribution in [2.45, 2.75) is 13.0 Å². The molecule has 0 saturated carbocycles. The van der Waals surface area contributed by atoms with E-state index < -0.39 is 17.7 Å². The van der Waals surface area contributed by atoms with Crippen LogP contribution in [0.3, 0.4) is 0 Å². The van der Waals surface area contributed by atoms with Crippen LogP contribution in [0, 0.1) is 6.92 Å². The maximum atomic E-state index is 13.2. The number of benzene rings is 2. The Balaban J connectivity index is 1.97. The van der Waals surface area contributed by atoms with Crippen molar-refractivity contribution in [3.63, 3.8) is 0 Å². The molecule has 3 aromatic rings. The topological polar surface area (TPSA) is 89.0 Å². The summed E-state index contributed by atoms with van der Waals surface area (Å²) in [5, 5.41) is 11.3. The average Bonchev–Trinajstić information content (AvgIpc) is 3.09. The largest absolute Gasteiger partial charge is 0.507 e. The molecule has 32 heavy (non-hydrogen) atoms. The molecule has 0 aliphatic carbocycles. The van der Waals surface area contributed by atoms with Crippen molar-refractivity contribution in [1.29, 1.82) is 0 Å². The lowest BCUT2D eigenvalue weighted by Crippen LogP contribution is -2.29. The Labute approximate surface area is 185 Å². The fourth-order valence-corrected chi connectivity index (χ4v) is 3.94. The zero-order chi connectivity index (χ0) is 22.8. The summed E-state index contributed by atoms with van der Waals surface area (Å²) in [4.78, 5) is 31.9. The maximum absolute atomic E-state index is 13.2. The Kier molecular flexibility index (Phi) is 5.64. The van der Waals surface area contributed by atoms with E-state index >= 15 is 0 Å². The second kappa shape index (κ2) is 8.55. The summed E-state index contributed by atoms with van der Waals surface area (Å²) < 4.78 is 10.7. The van der Waals surface area contributed by atoms with Crippen LogP contribution in [0.5, 0.6) is 11.5 Å². The molecule has 1 saturated heterocycles. The molecule has 1 amide bonds. The van der Waals surface area contributed by atoms with Gasteiger partial charge >= 0.3 is 0 Å². The molecule has 2 aromatic carbocycles. The van der Waals surface area contributed by atoms with Crippen LogP contribution in [0.4, 0.5) is 5.69 Å². The summed E-state index contributed by atoms with van der Waals surface area (Å²) in [5.74, 6) is -0.703. The lowest BCUT2D eigenvalue weighted by atomic mass is 9.94. The molecule has 2 heterocycles. The molecule has 1 fully saturated rings. The highest BCUT2D eigenvalue weighted by atomic mass is 16.5. The number of methoxy groups -OCH3 is 2. The normalized spacial score (nSPS) is 17.5. The number of ketones is 1. The first-order valence-electron chi connectivity index (χ1n) is 9.97. The standard InChI is InChI=1S/C25H22N2O5/c1-15-14-17(31-2)8-9-18(15)23(28)21-22(16-10-12-26-13-11-16)27(25(30)24(21)29)19-6-4-5-7-20(19)32-3/h4-14,22,28H,1-3H3/b23-21-. The van der Waals surface area contributed by atoms with E-state index in [4.69, 9.17) is 9.47 Å². The Hall–Kier alpha value is -4.13. The molecule has 1 atom stereocenters. The quantitative estimate of drug-likeness (QED) is 0.373. The molecule has 162 valence electrons. The minimum atomic E-state index is -0.851. The van der Waals surface area contributed by atoms with E-state index in [1.54, 1.807) is 81.0 Å². The molecule has 1 N–H and O–H groups in total. The first-order chi connectivity index (χ1) is 15.5. The number of anilines is 1. The zero-order valence-electron chi connectivity index (χ0n) is 17.9. The van der Waals surface area contributed by atoms with E-state index in [9.17, 15) is 14.7 Å². The first kappa shape index (κ1) is 21.1. The molecule has 1 aliphatic rings. The number of pyridine rings is 1. The van der Waals surface area contributed by atoms with Gasteiger partial charge in [0.2, 0.25) is 0 Å². The molecule has 1 aromatic heterocycles. The summed E-state index contributed by atoms with van der Waals surface area (Å²) in [7, 11) is 3.05. The van der Waals surface area contributed by atoms with Crippen LogP contribution in [-0.2, 0) is 9.59 Å². The van der Waals surface area contributed by atoms with E-state index in [2.05, 4.69) is 4.98 Å². The summed E-state index contributed by atoms with van der Waals surface area (Å²) in [6.07, 6.45) is 3.16. The van der Waals surface area contributed by atoms with Gasteiger partial charge in [0.05, 0.1) is 31.5 Å². The predicted octanol–water partition coefficient (Wildman–Crippen LogP) is 4.03. The lowest BCUT2D eigenvalue weighted by Gasteiger charge is -2.26. The molecule has 4 rings (SSSR count). The predicted molar refractivity (Wildman–Crippen MR) is 120 cm³/mol. The van der Waals surface area contributed by atoms with Crippen LogP contribution < -0.4 is 14.4 Å². The SMILES string of the molecule is COc1ccc(/C(O)=C2/C(=O)C(=O)N(c3ccccc3OC)C2c2ccncc2)c(C)c1. The number of rotatable bonds is 5. The van der Waals surface area contributed by atoms with Gasteiger partial charge in [0.25, 0.3) is 11.7 Å². The van der Waals surface area contributed by atoms with Gasteiger partial charge < -0.3 is 14.6 Å². The monoisotopic (exact) mass is 430 g/mol. The Morgan fingerprint density at radius 3 is 2.38 bits per heavy atom. The number of Topliss-reactive ketones (excluding diaryl/α,β-unsaturated/α-hetero) is 1. The molecular weight excluding hydrogens is 408 g/mol. The summed E-state index contributed by atoms with van der Waals surface area (Å²) in [6, 6.07) is 14.7. The van der Waals surface area contributed by atoms with Crippen molar-refractivity contribution in [2.24, 2.45) is 0 Å².